The molecule has 0 amide bonds. The van der Waals surface area contributed by atoms with Gasteiger partial charge >= 0.3 is 0 Å². The van der Waals surface area contributed by atoms with Crippen LogP contribution < -0.4 is 0 Å². The number of carbonyl (C=O) groups is 1. The van der Waals surface area contributed by atoms with Crippen LogP contribution in [0.4, 0.5) is 0 Å². The first-order valence-electron chi connectivity index (χ1n) is 6.56. The molecule has 0 unspecified atom stereocenters. The van der Waals surface area contributed by atoms with Gasteiger partial charge in [-0.05, 0) is 17.7 Å². The van der Waals surface area contributed by atoms with Crippen LogP contribution in [0, 0.1) is 0 Å². The summed E-state index contributed by atoms with van der Waals surface area (Å²) in [7, 11) is 0. The highest BCUT2D eigenvalue weighted by atomic mass is 32.2. The van der Waals surface area contributed by atoms with Crippen molar-refractivity contribution in [3.05, 3.63) is 71.8 Å². The highest BCUT2D eigenvalue weighted by molar-refractivity contribution is 7.98. The van der Waals surface area contributed by atoms with Crippen LogP contribution in [0.1, 0.15) is 28.8 Å². The molecular formula is C17H18OS. The first kappa shape index (κ1) is 13.9. The second kappa shape index (κ2) is 7.80. The third kappa shape index (κ3) is 4.92. The molecule has 0 aliphatic carbocycles. The number of benzene rings is 2. The zero-order chi connectivity index (χ0) is 13.3. The summed E-state index contributed by atoms with van der Waals surface area (Å²) >= 11 is 1.89. The van der Waals surface area contributed by atoms with Crippen LogP contribution in [0.25, 0.3) is 0 Å². The lowest BCUT2D eigenvalue weighted by molar-refractivity contribution is 0.0982. The molecule has 0 heterocycles. The van der Waals surface area contributed by atoms with Gasteiger partial charge in [0.25, 0.3) is 0 Å². The summed E-state index contributed by atoms with van der Waals surface area (Å²) in [6.45, 7) is 0. The third-order valence-electron chi connectivity index (χ3n) is 2.90. The maximum Gasteiger partial charge on any atom is 0.162 e. The Morgan fingerprint density at radius 2 is 1.53 bits per heavy atom. The molecule has 2 rings (SSSR count). The molecule has 2 aromatic rings. The van der Waals surface area contributed by atoms with Crippen molar-refractivity contribution in [2.75, 3.05) is 5.75 Å². The van der Waals surface area contributed by atoms with E-state index in [0.29, 0.717) is 6.42 Å². The number of Topliss-reactive ketones (excluding diaryl/α,β-unsaturated/α-hetero) is 1. The van der Waals surface area contributed by atoms with Gasteiger partial charge in [0, 0.05) is 17.7 Å². The van der Waals surface area contributed by atoms with E-state index in [-0.39, 0.29) is 5.78 Å². The Balaban J connectivity index is 1.63. The molecule has 2 aromatic carbocycles. The Kier molecular flexibility index (Phi) is 5.70. The maximum absolute atomic E-state index is 11.9. The molecule has 98 valence electrons. The van der Waals surface area contributed by atoms with E-state index in [0.717, 1.165) is 23.5 Å². The van der Waals surface area contributed by atoms with E-state index in [1.807, 2.05) is 48.2 Å². The van der Waals surface area contributed by atoms with E-state index in [1.165, 1.54) is 5.56 Å². The third-order valence-corrected chi connectivity index (χ3v) is 4.01. The summed E-state index contributed by atoms with van der Waals surface area (Å²) in [5, 5.41) is 0. The molecule has 0 radical (unpaired) electrons. The van der Waals surface area contributed by atoms with Crippen LogP contribution in [0.15, 0.2) is 60.7 Å². The van der Waals surface area contributed by atoms with Crippen LogP contribution in [0.2, 0.25) is 0 Å². The van der Waals surface area contributed by atoms with Crippen molar-refractivity contribution in [3.63, 3.8) is 0 Å². The molecule has 0 saturated carbocycles. The minimum absolute atomic E-state index is 0.251. The van der Waals surface area contributed by atoms with Crippen molar-refractivity contribution in [2.24, 2.45) is 0 Å². The lowest BCUT2D eigenvalue weighted by Crippen LogP contribution is -1.99. The zero-order valence-electron chi connectivity index (χ0n) is 10.9. The number of hydrogen-bond donors (Lipinski definition) is 0. The molecule has 0 aliphatic heterocycles. The van der Waals surface area contributed by atoms with Crippen LogP contribution in [0.5, 0.6) is 0 Å². The van der Waals surface area contributed by atoms with Gasteiger partial charge in [-0.1, -0.05) is 60.7 Å². The Morgan fingerprint density at radius 3 is 2.21 bits per heavy atom. The van der Waals surface area contributed by atoms with Crippen molar-refractivity contribution in [3.8, 4) is 0 Å². The van der Waals surface area contributed by atoms with E-state index in [9.17, 15) is 4.79 Å². The van der Waals surface area contributed by atoms with Crippen molar-refractivity contribution >= 4 is 17.5 Å². The number of ketones is 1. The predicted octanol–water partition coefficient (Wildman–Crippen LogP) is 4.58. The zero-order valence-corrected chi connectivity index (χ0v) is 11.7. The van der Waals surface area contributed by atoms with E-state index in [1.54, 1.807) is 0 Å². The lowest BCUT2D eigenvalue weighted by Gasteiger charge is -2.02. The first-order valence-corrected chi connectivity index (χ1v) is 7.71. The Hall–Kier alpha value is -1.54. The summed E-state index contributed by atoms with van der Waals surface area (Å²) < 4.78 is 0. The van der Waals surface area contributed by atoms with Gasteiger partial charge in [0.1, 0.15) is 0 Å². The Labute approximate surface area is 119 Å². The number of rotatable bonds is 7. The molecule has 0 spiro atoms. The second-order valence-electron chi connectivity index (χ2n) is 4.43. The Bertz CT molecular complexity index is 493. The largest absolute Gasteiger partial charge is 0.294 e. The topological polar surface area (TPSA) is 17.1 Å². The number of thioether (sulfide) groups is 1. The van der Waals surface area contributed by atoms with Gasteiger partial charge in [-0.2, -0.15) is 11.8 Å². The normalized spacial score (nSPS) is 10.3. The van der Waals surface area contributed by atoms with E-state index < -0.39 is 0 Å². The molecule has 1 nitrogen and oxygen atoms in total. The minimum atomic E-state index is 0.251. The van der Waals surface area contributed by atoms with Crippen LogP contribution in [-0.2, 0) is 5.75 Å². The van der Waals surface area contributed by atoms with E-state index in [4.69, 9.17) is 0 Å². The first-order chi connectivity index (χ1) is 9.36. The van der Waals surface area contributed by atoms with Crippen LogP contribution in [-0.4, -0.2) is 11.5 Å². The van der Waals surface area contributed by atoms with Gasteiger partial charge in [-0.15, -0.1) is 0 Å². The fraction of sp³-hybridized carbons (Fsp3) is 0.235. The second-order valence-corrected chi connectivity index (χ2v) is 5.54. The molecule has 0 fully saturated rings. The molecule has 0 aliphatic rings. The summed E-state index contributed by atoms with van der Waals surface area (Å²) in [6, 6.07) is 20.0. The number of carbonyl (C=O) groups excluding carboxylic acids is 1. The molecule has 0 saturated heterocycles. The van der Waals surface area contributed by atoms with Gasteiger partial charge < -0.3 is 0 Å². The van der Waals surface area contributed by atoms with E-state index >= 15 is 0 Å². The van der Waals surface area contributed by atoms with Gasteiger partial charge in [-0.3, -0.25) is 4.79 Å². The van der Waals surface area contributed by atoms with Crippen LogP contribution in [0.3, 0.4) is 0 Å². The summed E-state index contributed by atoms with van der Waals surface area (Å²) in [5.41, 5.74) is 2.18. The van der Waals surface area contributed by atoms with Crippen molar-refractivity contribution in [1.29, 1.82) is 0 Å². The molecule has 19 heavy (non-hydrogen) atoms. The smallest absolute Gasteiger partial charge is 0.162 e. The summed E-state index contributed by atoms with van der Waals surface area (Å²) in [6.07, 6.45) is 1.59. The SMILES string of the molecule is O=C(CCCSCc1ccccc1)c1ccccc1. The molecule has 0 atom stereocenters. The average molecular weight is 270 g/mol. The fourth-order valence-corrected chi connectivity index (χ4v) is 2.79. The van der Waals surface area contributed by atoms with Gasteiger partial charge in [0.15, 0.2) is 5.78 Å². The minimum Gasteiger partial charge on any atom is -0.294 e. The van der Waals surface area contributed by atoms with Gasteiger partial charge in [0.2, 0.25) is 0 Å². The summed E-state index contributed by atoms with van der Waals surface area (Å²) in [4.78, 5) is 11.9. The van der Waals surface area contributed by atoms with Crippen molar-refractivity contribution < 1.29 is 4.79 Å². The predicted molar refractivity (Wildman–Crippen MR) is 82.6 cm³/mol. The Morgan fingerprint density at radius 1 is 0.895 bits per heavy atom. The maximum atomic E-state index is 11.9. The summed E-state index contributed by atoms with van der Waals surface area (Å²) in [5.74, 6) is 2.31. The molecule has 0 bridgehead atoms. The fourth-order valence-electron chi connectivity index (χ4n) is 1.87. The monoisotopic (exact) mass is 270 g/mol. The van der Waals surface area contributed by atoms with Gasteiger partial charge in [-0.25, -0.2) is 0 Å². The standard InChI is InChI=1S/C17H18OS/c18-17(16-10-5-2-6-11-16)12-7-13-19-14-15-8-3-1-4-9-15/h1-6,8-11H,7,12-14H2. The van der Waals surface area contributed by atoms with Crippen molar-refractivity contribution in [2.45, 2.75) is 18.6 Å². The number of hydrogen-bond acceptors (Lipinski definition) is 2. The molecule has 0 N–H and O–H groups in total. The van der Waals surface area contributed by atoms with Crippen molar-refractivity contribution in [1.82, 2.24) is 0 Å². The highest BCUT2D eigenvalue weighted by Crippen LogP contribution is 2.14. The molecule has 2 heteroatoms. The highest BCUT2D eigenvalue weighted by Gasteiger charge is 2.04. The van der Waals surface area contributed by atoms with Crippen LogP contribution >= 0.6 is 11.8 Å². The van der Waals surface area contributed by atoms with E-state index in [2.05, 4.69) is 24.3 Å². The van der Waals surface area contributed by atoms with Gasteiger partial charge in [0.05, 0.1) is 0 Å². The lowest BCUT2D eigenvalue weighted by atomic mass is 10.1. The average Bonchev–Trinajstić information content (AvgIpc) is 2.49. The quantitative estimate of drug-likeness (QED) is 0.541. The molecular weight excluding hydrogens is 252 g/mol. The molecule has 0 aromatic heterocycles.